The molecular formula is C15H30N2O. The minimum atomic E-state index is 0.0326. The van der Waals surface area contributed by atoms with Crippen molar-refractivity contribution < 1.29 is 4.79 Å². The zero-order chi connectivity index (χ0) is 13.5. The summed E-state index contributed by atoms with van der Waals surface area (Å²) in [7, 11) is 0. The molecule has 18 heavy (non-hydrogen) atoms. The van der Waals surface area contributed by atoms with Gasteiger partial charge in [-0.1, -0.05) is 27.2 Å². The van der Waals surface area contributed by atoms with E-state index in [0.717, 1.165) is 19.4 Å². The second-order valence-corrected chi connectivity index (χ2v) is 6.19. The van der Waals surface area contributed by atoms with Crippen molar-refractivity contribution in [1.29, 1.82) is 0 Å². The molecule has 3 unspecified atom stereocenters. The molecule has 3 atom stereocenters. The fourth-order valence-corrected chi connectivity index (χ4v) is 2.57. The Kier molecular flexibility index (Phi) is 6.69. The molecule has 0 aromatic rings. The van der Waals surface area contributed by atoms with Crippen molar-refractivity contribution in [1.82, 2.24) is 10.6 Å². The first-order valence-electron chi connectivity index (χ1n) is 7.56. The van der Waals surface area contributed by atoms with Crippen molar-refractivity contribution in [3.63, 3.8) is 0 Å². The number of rotatable bonds is 6. The molecule has 0 spiro atoms. The van der Waals surface area contributed by atoms with Gasteiger partial charge in [-0.25, -0.2) is 0 Å². The summed E-state index contributed by atoms with van der Waals surface area (Å²) in [4.78, 5) is 12.1. The van der Waals surface area contributed by atoms with Gasteiger partial charge in [0.2, 0.25) is 5.91 Å². The third-order valence-corrected chi connectivity index (χ3v) is 3.97. The molecule has 1 heterocycles. The summed E-state index contributed by atoms with van der Waals surface area (Å²) in [6.45, 7) is 9.76. The highest BCUT2D eigenvalue weighted by molar-refractivity contribution is 5.82. The van der Waals surface area contributed by atoms with Crippen LogP contribution in [0.25, 0.3) is 0 Å². The lowest BCUT2D eigenvalue weighted by molar-refractivity contribution is -0.124. The van der Waals surface area contributed by atoms with E-state index >= 15 is 0 Å². The molecule has 1 amide bonds. The smallest absolute Gasteiger partial charge is 0.237 e. The van der Waals surface area contributed by atoms with Crippen molar-refractivity contribution in [2.45, 2.75) is 71.9 Å². The fourth-order valence-electron chi connectivity index (χ4n) is 2.57. The Bertz CT molecular complexity index is 253. The zero-order valence-electron chi connectivity index (χ0n) is 12.5. The van der Waals surface area contributed by atoms with E-state index in [1.165, 1.54) is 19.3 Å². The molecule has 1 saturated heterocycles. The van der Waals surface area contributed by atoms with E-state index in [1.54, 1.807) is 0 Å². The normalized spacial score (nSPS) is 26.1. The van der Waals surface area contributed by atoms with Gasteiger partial charge in [-0.2, -0.15) is 0 Å². The summed E-state index contributed by atoms with van der Waals surface area (Å²) >= 11 is 0. The molecule has 1 aliphatic rings. The number of hydrogen-bond acceptors (Lipinski definition) is 2. The first-order valence-corrected chi connectivity index (χ1v) is 7.56. The van der Waals surface area contributed by atoms with Crippen LogP contribution >= 0.6 is 0 Å². The fraction of sp³-hybridized carbons (Fsp3) is 0.933. The highest BCUT2D eigenvalue weighted by Gasteiger charge is 2.26. The van der Waals surface area contributed by atoms with E-state index in [1.807, 2.05) is 0 Å². The molecule has 3 nitrogen and oxygen atoms in total. The van der Waals surface area contributed by atoms with Crippen LogP contribution in [0.5, 0.6) is 0 Å². The van der Waals surface area contributed by atoms with Gasteiger partial charge in [0.15, 0.2) is 0 Å². The number of carbonyl (C=O) groups excluding carboxylic acids is 1. The number of piperidine rings is 1. The first-order chi connectivity index (χ1) is 8.52. The Morgan fingerprint density at radius 3 is 2.67 bits per heavy atom. The van der Waals surface area contributed by atoms with Crippen LogP contribution in [0.1, 0.15) is 59.8 Å². The second kappa shape index (κ2) is 7.78. The average molecular weight is 254 g/mol. The molecule has 1 fully saturated rings. The van der Waals surface area contributed by atoms with Crippen molar-refractivity contribution in [2.24, 2.45) is 11.8 Å². The van der Waals surface area contributed by atoms with E-state index in [0.29, 0.717) is 17.9 Å². The van der Waals surface area contributed by atoms with Gasteiger partial charge < -0.3 is 10.6 Å². The predicted molar refractivity (Wildman–Crippen MR) is 76.5 cm³/mol. The Hall–Kier alpha value is -0.570. The van der Waals surface area contributed by atoms with Crippen LogP contribution in [0, 0.1) is 11.8 Å². The summed E-state index contributed by atoms with van der Waals surface area (Å²) < 4.78 is 0. The van der Waals surface area contributed by atoms with E-state index in [-0.39, 0.29) is 11.9 Å². The first kappa shape index (κ1) is 15.5. The quantitative estimate of drug-likeness (QED) is 0.765. The Morgan fingerprint density at radius 1 is 1.33 bits per heavy atom. The van der Waals surface area contributed by atoms with Crippen LogP contribution in [-0.4, -0.2) is 24.5 Å². The highest BCUT2D eigenvalue weighted by Crippen LogP contribution is 2.19. The van der Waals surface area contributed by atoms with Crippen LogP contribution in [0.15, 0.2) is 0 Å². The minimum Gasteiger partial charge on any atom is -0.352 e. The summed E-state index contributed by atoms with van der Waals surface area (Å²) in [5.41, 5.74) is 0. The van der Waals surface area contributed by atoms with Crippen LogP contribution in [0.3, 0.4) is 0 Å². The van der Waals surface area contributed by atoms with Gasteiger partial charge in [-0.3, -0.25) is 4.79 Å². The maximum Gasteiger partial charge on any atom is 0.237 e. The third-order valence-electron chi connectivity index (χ3n) is 3.97. The summed E-state index contributed by atoms with van der Waals surface area (Å²) in [5.74, 6) is 1.62. The van der Waals surface area contributed by atoms with Crippen molar-refractivity contribution in [3.05, 3.63) is 0 Å². The lowest BCUT2D eigenvalue weighted by Crippen LogP contribution is -2.50. The van der Waals surface area contributed by atoms with Gasteiger partial charge in [0, 0.05) is 6.04 Å². The van der Waals surface area contributed by atoms with Crippen molar-refractivity contribution in [2.75, 3.05) is 6.54 Å². The monoisotopic (exact) mass is 254 g/mol. The molecule has 106 valence electrons. The standard InChI is InChI=1S/C15H30N2O/c1-5-13-8-9-16-14(10-13)15(18)17-12(4)7-6-11(2)3/h11-14,16H,5-10H2,1-4H3,(H,17,18). The Morgan fingerprint density at radius 2 is 2.06 bits per heavy atom. The molecule has 0 bridgehead atoms. The molecular weight excluding hydrogens is 224 g/mol. The van der Waals surface area contributed by atoms with E-state index in [9.17, 15) is 4.79 Å². The average Bonchev–Trinajstić information content (AvgIpc) is 2.36. The van der Waals surface area contributed by atoms with Gasteiger partial charge in [0.1, 0.15) is 0 Å². The van der Waals surface area contributed by atoms with Crippen LogP contribution in [0.2, 0.25) is 0 Å². The lowest BCUT2D eigenvalue weighted by atomic mass is 9.90. The van der Waals surface area contributed by atoms with Gasteiger partial charge >= 0.3 is 0 Å². The highest BCUT2D eigenvalue weighted by atomic mass is 16.2. The van der Waals surface area contributed by atoms with Gasteiger partial charge in [0.25, 0.3) is 0 Å². The van der Waals surface area contributed by atoms with Crippen LogP contribution in [-0.2, 0) is 4.79 Å². The zero-order valence-corrected chi connectivity index (χ0v) is 12.5. The number of amides is 1. The SMILES string of the molecule is CCC1CCNC(C(=O)NC(C)CCC(C)C)C1. The molecule has 3 heteroatoms. The molecule has 1 rings (SSSR count). The Balaban J connectivity index is 2.30. The summed E-state index contributed by atoms with van der Waals surface area (Å²) in [6, 6.07) is 0.328. The van der Waals surface area contributed by atoms with Crippen molar-refractivity contribution >= 4 is 5.91 Å². The number of hydrogen-bond donors (Lipinski definition) is 2. The topological polar surface area (TPSA) is 41.1 Å². The summed E-state index contributed by atoms with van der Waals surface area (Å²) in [5, 5.41) is 6.49. The van der Waals surface area contributed by atoms with Crippen LogP contribution in [0.4, 0.5) is 0 Å². The van der Waals surface area contributed by atoms with Crippen molar-refractivity contribution in [3.8, 4) is 0 Å². The number of nitrogens with one attached hydrogen (secondary N) is 2. The molecule has 0 aromatic heterocycles. The van der Waals surface area contributed by atoms with E-state index in [2.05, 4.69) is 38.3 Å². The number of carbonyl (C=O) groups is 1. The maximum atomic E-state index is 12.1. The Labute approximate surface area is 112 Å². The van der Waals surface area contributed by atoms with Crippen LogP contribution < -0.4 is 10.6 Å². The second-order valence-electron chi connectivity index (χ2n) is 6.19. The maximum absolute atomic E-state index is 12.1. The predicted octanol–water partition coefficient (Wildman–Crippen LogP) is 2.71. The minimum absolute atomic E-state index is 0.0326. The van der Waals surface area contributed by atoms with Gasteiger partial charge in [0.05, 0.1) is 6.04 Å². The van der Waals surface area contributed by atoms with E-state index in [4.69, 9.17) is 0 Å². The summed E-state index contributed by atoms with van der Waals surface area (Å²) in [6.07, 6.45) is 5.65. The largest absolute Gasteiger partial charge is 0.352 e. The molecule has 2 N–H and O–H groups in total. The third kappa shape index (κ3) is 5.38. The van der Waals surface area contributed by atoms with Gasteiger partial charge in [-0.05, 0) is 51.0 Å². The lowest BCUT2D eigenvalue weighted by Gasteiger charge is -2.30. The molecule has 0 aromatic carbocycles. The molecule has 0 aliphatic carbocycles. The van der Waals surface area contributed by atoms with Gasteiger partial charge in [-0.15, -0.1) is 0 Å². The van der Waals surface area contributed by atoms with E-state index < -0.39 is 0 Å². The molecule has 0 saturated carbocycles. The molecule has 0 radical (unpaired) electrons. The molecule has 1 aliphatic heterocycles.